The Morgan fingerprint density at radius 1 is 1.38 bits per heavy atom. The van der Waals surface area contributed by atoms with Crippen molar-refractivity contribution in [2.45, 2.75) is 44.7 Å². The van der Waals surface area contributed by atoms with Gasteiger partial charge in [0.25, 0.3) is 0 Å². The quantitative estimate of drug-likeness (QED) is 0.391. The lowest BCUT2D eigenvalue weighted by molar-refractivity contribution is -0.125. The summed E-state index contributed by atoms with van der Waals surface area (Å²) in [5, 5.41) is 8.54. The minimum absolute atomic E-state index is 0.0547. The first kappa shape index (κ1) is 12.6. The summed E-state index contributed by atoms with van der Waals surface area (Å²) in [5.74, 6) is -0.258. The van der Waals surface area contributed by atoms with E-state index < -0.39 is 5.66 Å². The Hall–Kier alpha value is -0.450. The lowest BCUT2D eigenvalue weighted by Gasteiger charge is -2.22. The highest BCUT2D eigenvalue weighted by Crippen LogP contribution is 2.09. The van der Waals surface area contributed by atoms with Crippen molar-refractivity contribution in [2.75, 3.05) is 6.61 Å². The number of unbranched alkanes of at least 4 members (excludes halogenated alkanes) is 2. The van der Waals surface area contributed by atoms with Crippen molar-refractivity contribution in [1.29, 1.82) is 0 Å². The molecule has 0 saturated carbocycles. The fourth-order valence-corrected chi connectivity index (χ4v) is 1.14. The number of carbonyl (C=O) groups is 1. The van der Waals surface area contributed by atoms with Crippen molar-refractivity contribution in [3.05, 3.63) is 0 Å². The molecule has 0 saturated heterocycles. The van der Waals surface area contributed by atoms with E-state index in [0.717, 1.165) is 19.3 Å². The van der Waals surface area contributed by atoms with Gasteiger partial charge in [-0.05, 0) is 12.8 Å². The Kier molecular flexibility index (Phi) is 5.86. The van der Waals surface area contributed by atoms with Crippen LogP contribution >= 0.6 is 0 Å². The monoisotopic (exact) mass is 188 g/mol. The Morgan fingerprint density at radius 2 is 2.00 bits per heavy atom. The van der Waals surface area contributed by atoms with E-state index >= 15 is 0 Å². The standard InChI is InChI=1S/C9H20N2O2/c1-2-3-4-6-9(10,11)8(13)5-7-12/h12H,2-7,10-11H2,1H3. The van der Waals surface area contributed by atoms with Crippen LogP contribution in [-0.2, 0) is 4.79 Å². The maximum atomic E-state index is 11.2. The van der Waals surface area contributed by atoms with E-state index in [1.165, 1.54) is 0 Å². The highest BCUT2D eigenvalue weighted by molar-refractivity contribution is 5.87. The van der Waals surface area contributed by atoms with Crippen molar-refractivity contribution >= 4 is 5.78 Å². The van der Waals surface area contributed by atoms with Crippen LogP contribution in [0.2, 0.25) is 0 Å². The summed E-state index contributed by atoms with van der Waals surface area (Å²) in [5.41, 5.74) is 9.97. The molecule has 0 aromatic carbocycles. The molecule has 0 spiro atoms. The minimum atomic E-state index is -1.24. The van der Waals surface area contributed by atoms with Crippen molar-refractivity contribution in [2.24, 2.45) is 11.5 Å². The van der Waals surface area contributed by atoms with Gasteiger partial charge in [0.05, 0.1) is 6.61 Å². The molecule has 0 aromatic rings. The highest BCUT2D eigenvalue weighted by atomic mass is 16.3. The van der Waals surface area contributed by atoms with Gasteiger partial charge < -0.3 is 16.6 Å². The zero-order chi connectivity index (χ0) is 10.3. The van der Waals surface area contributed by atoms with Crippen LogP contribution in [0.1, 0.15) is 39.0 Å². The van der Waals surface area contributed by atoms with E-state index in [0.29, 0.717) is 6.42 Å². The smallest absolute Gasteiger partial charge is 0.169 e. The van der Waals surface area contributed by atoms with E-state index in [-0.39, 0.29) is 18.8 Å². The molecular formula is C9H20N2O2. The first-order valence-electron chi connectivity index (χ1n) is 4.76. The fraction of sp³-hybridized carbons (Fsp3) is 0.889. The number of nitrogens with two attached hydrogens (primary N) is 2. The topological polar surface area (TPSA) is 89.3 Å². The molecule has 4 heteroatoms. The van der Waals surface area contributed by atoms with Crippen molar-refractivity contribution in [3.63, 3.8) is 0 Å². The molecule has 5 N–H and O–H groups in total. The first-order chi connectivity index (χ1) is 6.04. The lowest BCUT2D eigenvalue weighted by Crippen LogP contribution is -2.56. The number of Topliss-reactive ketones (excluding diaryl/α,β-unsaturated/α-hetero) is 1. The number of rotatable bonds is 7. The third-order valence-electron chi connectivity index (χ3n) is 2.05. The van der Waals surface area contributed by atoms with E-state index in [2.05, 4.69) is 6.92 Å². The highest BCUT2D eigenvalue weighted by Gasteiger charge is 2.26. The number of ketones is 1. The largest absolute Gasteiger partial charge is 0.396 e. The maximum absolute atomic E-state index is 11.2. The predicted molar refractivity (Wildman–Crippen MR) is 52.0 cm³/mol. The van der Waals surface area contributed by atoms with Gasteiger partial charge in [-0.2, -0.15) is 0 Å². The average Bonchev–Trinajstić information content (AvgIpc) is 2.05. The first-order valence-corrected chi connectivity index (χ1v) is 4.76. The van der Waals surface area contributed by atoms with Crippen LogP contribution in [-0.4, -0.2) is 23.2 Å². The Morgan fingerprint density at radius 3 is 2.46 bits per heavy atom. The van der Waals surface area contributed by atoms with E-state index in [9.17, 15) is 4.79 Å². The second kappa shape index (κ2) is 6.07. The summed E-state index contributed by atoms with van der Waals surface area (Å²) in [7, 11) is 0. The molecule has 0 radical (unpaired) electrons. The van der Waals surface area contributed by atoms with Crippen molar-refractivity contribution < 1.29 is 9.90 Å². The van der Waals surface area contributed by atoms with E-state index in [1.54, 1.807) is 0 Å². The molecule has 0 amide bonds. The van der Waals surface area contributed by atoms with Gasteiger partial charge >= 0.3 is 0 Å². The minimum Gasteiger partial charge on any atom is -0.396 e. The third kappa shape index (κ3) is 4.98. The number of aliphatic hydroxyl groups excluding tert-OH is 1. The zero-order valence-corrected chi connectivity index (χ0v) is 8.25. The molecule has 0 aliphatic heterocycles. The summed E-state index contributed by atoms with van der Waals surface area (Å²) < 4.78 is 0. The number of hydrogen-bond acceptors (Lipinski definition) is 4. The van der Waals surface area contributed by atoms with Gasteiger partial charge in [-0.3, -0.25) is 4.79 Å². The van der Waals surface area contributed by atoms with Gasteiger partial charge in [-0.15, -0.1) is 0 Å². The molecule has 0 heterocycles. The predicted octanol–water partition coefficient (Wildman–Crippen LogP) is 0.132. The maximum Gasteiger partial charge on any atom is 0.169 e. The zero-order valence-electron chi connectivity index (χ0n) is 8.25. The van der Waals surface area contributed by atoms with Crippen LogP contribution in [0.15, 0.2) is 0 Å². The Balaban J connectivity index is 3.83. The van der Waals surface area contributed by atoms with E-state index in [1.807, 2.05) is 0 Å². The molecule has 0 bridgehead atoms. The fourth-order valence-electron chi connectivity index (χ4n) is 1.14. The normalized spacial score (nSPS) is 11.7. The summed E-state index contributed by atoms with van der Waals surface area (Å²) in [4.78, 5) is 11.2. The Bertz CT molecular complexity index is 158. The molecule has 0 aliphatic rings. The molecule has 0 fully saturated rings. The third-order valence-corrected chi connectivity index (χ3v) is 2.05. The number of aliphatic hydroxyl groups is 1. The number of hydrogen-bond donors (Lipinski definition) is 3. The second-order valence-electron chi connectivity index (χ2n) is 3.39. The van der Waals surface area contributed by atoms with Crippen LogP contribution in [0.5, 0.6) is 0 Å². The van der Waals surface area contributed by atoms with Gasteiger partial charge in [0.2, 0.25) is 0 Å². The van der Waals surface area contributed by atoms with Gasteiger partial charge in [-0.1, -0.05) is 19.8 Å². The SMILES string of the molecule is CCCCCC(N)(N)C(=O)CCO. The number of carbonyl (C=O) groups excluding carboxylic acids is 1. The molecule has 13 heavy (non-hydrogen) atoms. The molecule has 0 unspecified atom stereocenters. The molecule has 78 valence electrons. The lowest BCUT2D eigenvalue weighted by atomic mass is 9.97. The average molecular weight is 188 g/mol. The molecule has 0 aliphatic carbocycles. The van der Waals surface area contributed by atoms with E-state index in [4.69, 9.17) is 16.6 Å². The van der Waals surface area contributed by atoms with Crippen LogP contribution < -0.4 is 11.5 Å². The van der Waals surface area contributed by atoms with Crippen LogP contribution in [0.3, 0.4) is 0 Å². The van der Waals surface area contributed by atoms with Crippen LogP contribution in [0.25, 0.3) is 0 Å². The van der Waals surface area contributed by atoms with Gasteiger partial charge in [0, 0.05) is 6.42 Å². The van der Waals surface area contributed by atoms with Crippen LogP contribution in [0, 0.1) is 0 Å². The van der Waals surface area contributed by atoms with Crippen molar-refractivity contribution in [1.82, 2.24) is 0 Å². The Labute approximate surface area is 79.3 Å². The summed E-state index contributed by atoms with van der Waals surface area (Å²) >= 11 is 0. The van der Waals surface area contributed by atoms with Gasteiger partial charge in [0.15, 0.2) is 5.78 Å². The summed E-state index contributed by atoms with van der Waals surface area (Å²) in [6.45, 7) is 1.90. The summed E-state index contributed by atoms with van der Waals surface area (Å²) in [6, 6.07) is 0. The molecule has 0 atom stereocenters. The summed E-state index contributed by atoms with van der Waals surface area (Å²) in [6.07, 6.45) is 3.52. The van der Waals surface area contributed by atoms with Gasteiger partial charge in [0.1, 0.15) is 5.66 Å². The van der Waals surface area contributed by atoms with Crippen molar-refractivity contribution in [3.8, 4) is 0 Å². The van der Waals surface area contributed by atoms with Gasteiger partial charge in [-0.25, -0.2) is 0 Å². The van der Waals surface area contributed by atoms with Crippen LogP contribution in [0.4, 0.5) is 0 Å². The molecule has 4 nitrogen and oxygen atoms in total. The molecular weight excluding hydrogens is 168 g/mol. The second-order valence-corrected chi connectivity index (χ2v) is 3.39. The molecule has 0 aromatic heterocycles. The molecule has 0 rings (SSSR count).